The van der Waals surface area contributed by atoms with E-state index >= 15 is 0 Å². The first-order valence-electron chi connectivity index (χ1n) is 3.81. The third kappa shape index (κ3) is 1.19. The Morgan fingerprint density at radius 1 is 1.43 bits per heavy atom. The summed E-state index contributed by atoms with van der Waals surface area (Å²) in [5.74, 6) is 0. The number of hydrogen-bond donors (Lipinski definition) is 0. The van der Waals surface area contributed by atoms with E-state index in [2.05, 4.69) is 27.5 Å². The van der Waals surface area contributed by atoms with E-state index in [4.69, 9.17) is 5.26 Å². The zero-order valence-corrected chi connectivity index (χ0v) is 7.82. The van der Waals surface area contributed by atoms with Crippen LogP contribution in [0.3, 0.4) is 0 Å². The number of thiocarbonyl (C=S) groups is 1. The molecule has 0 spiro atoms. The Bertz CT molecular complexity index is 572. The van der Waals surface area contributed by atoms with Gasteiger partial charge in [0.05, 0.1) is 22.6 Å². The van der Waals surface area contributed by atoms with Crippen LogP contribution in [0.15, 0.2) is 29.4 Å². The van der Waals surface area contributed by atoms with E-state index in [9.17, 15) is 0 Å². The fourth-order valence-electron chi connectivity index (χ4n) is 1.23. The van der Waals surface area contributed by atoms with Crippen LogP contribution in [0.1, 0.15) is 5.69 Å². The summed E-state index contributed by atoms with van der Waals surface area (Å²) >= 11 is 4.52. The number of aliphatic imine (C=N–C) groups is 1. The third-order valence-electron chi connectivity index (χ3n) is 1.81. The topological polar surface area (TPSA) is 53.5 Å². The smallest absolute Gasteiger partial charge is 0.142 e. The van der Waals surface area contributed by atoms with Gasteiger partial charge in [-0.1, -0.05) is 0 Å². The van der Waals surface area contributed by atoms with Crippen molar-refractivity contribution < 1.29 is 0 Å². The number of hydrogen-bond acceptors (Lipinski definition) is 4. The van der Waals surface area contributed by atoms with Crippen molar-refractivity contribution in [2.45, 2.75) is 0 Å². The average Bonchev–Trinajstić information content (AvgIpc) is 2.67. The highest BCUT2D eigenvalue weighted by atomic mass is 32.1. The van der Waals surface area contributed by atoms with Gasteiger partial charge in [0.2, 0.25) is 0 Å². The average molecular weight is 200 g/mol. The van der Waals surface area contributed by atoms with Crippen LogP contribution in [0, 0.1) is 11.3 Å². The van der Waals surface area contributed by atoms with E-state index in [1.807, 2.05) is 6.07 Å². The van der Waals surface area contributed by atoms with Gasteiger partial charge in [-0.05, 0) is 30.4 Å². The van der Waals surface area contributed by atoms with E-state index in [0.717, 1.165) is 5.52 Å². The van der Waals surface area contributed by atoms with Crippen LogP contribution < -0.4 is 0 Å². The molecule has 0 radical (unpaired) electrons. The standard InChI is InChI=1S/C9H4N4S/c10-5-7-1-2-8(11-6-14)9-3-4-12-13(7)9/h1-4H. The third-order valence-corrected chi connectivity index (χ3v) is 1.90. The molecule has 0 aliphatic carbocycles. The zero-order chi connectivity index (χ0) is 9.97. The van der Waals surface area contributed by atoms with Gasteiger partial charge in [0.25, 0.3) is 0 Å². The lowest BCUT2D eigenvalue weighted by Gasteiger charge is -1.98. The van der Waals surface area contributed by atoms with Crippen molar-refractivity contribution in [1.29, 1.82) is 5.26 Å². The lowest BCUT2D eigenvalue weighted by atomic mass is 10.3. The number of isothiocyanates is 1. The van der Waals surface area contributed by atoms with E-state index < -0.39 is 0 Å². The molecule has 2 aromatic rings. The van der Waals surface area contributed by atoms with Gasteiger partial charge >= 0.3 is 0 Å². The zero-order valence-electron chi connectivity index (χ0n) is 7.01. The van der Waals surface area contributed by atoms with Gasteiger partial charge in [-0.15, -0.1) is 0 Å². The minimum absolute atomic E-state index is 0.466. The molecule has 0 unspecified atom stereocenters. The first-order chi connectivity index (χ1) is 6.86. The number of aromatic nitrogens is 2. The van der Waals surface area contributed by atoms with Crippen LogP contribution in [-0.2, 0) is 0 Å². The fourth-order valence-corrected chi connectivity index (χ4v) is 1.33. The van der Waals surface area contributed by atoms with Crippen LogP contribution >= 0.6 is 12.2 Å². The monoisotopic (exact) mass is 200 g/mol. The second kappa shape index (κ2) is 3.38. The van der Waals surface area contributed by atoms with Gasteiger partial charge in [-0.25, -0.2) is 4.52 Å². The fraction of sp³-hybridized carbons (Fsp3) is 0. The lowest BCUT2D eigenvalue weighted by molar-refractivity contribution is 0.941. The molecule has 5 heteroatoms. The molecular formula is C9H4N4S. The Morgan fingerprint density at radius 3 is 3.00 bits per heavy atom. The quantitative estimate of drug-likeness (QED) is 0.522. The van der Waals surface area contributed by atoms with Crippen LogP contribution in [0.5, 0.6) is 0 Å². The summed E-state index contributed by atoms with van der Waals surface area (Å²) in [6, 6.07) is 7.17. The van der Waals surface area contributed by atoms with Crippen molar-refractivity contribution in [3.8, 4) is 6.07 Å². The molecule has 2 heterocycles. The molecular weight excluding hydrogens is 196 g/mol. The van der Waals surface area contributed by atoms with Gasteiger partial charge in [0, 0.05) is 0 Å². The molecule has 66 valence electrons. The summed E-state index contributed by atoms with van der Waals surface area (Å²) in [7, 11) is 0. The molecule has 0 aliphatic heterocycles. The molecule has 0 aromatic carbocycles. The number of pyridine rings is 1. The van der Waals surface area contributed by atoms with Crippen LogP contribution in [-0.4, -0.2) is 14.8 Å². The Hall–Kier alpha value is -2.02. The normalized spacial score (nSPS) is 9.36. The molecule has 0 aliphatic rings. The minimum atomic E-state index is 0.466. The molecule has 2 aromatic heterocycles. The number of rotatable bonds is 1. The summed E-state index contributed by atoms with van der Waals surface area (Å²) in [4.78, 5) is 3.88. The predicted molar refractivity (Wildman–Crippen MR) is 54.6 cm³/mol. The highest BCUT2D eigenvalue weighted by molar-refractivity contribution is 7.78. The number of nitrogens with zero attached hydrogens (tertiary/aromatic N) is 4. The molecule has 0 fully saturated rings. The molecule has 0 N–H and O–H groups in total. The highest BCUT2D eigenvalue weighted by Gasteiger charge is 2.04. The number of fused-ring (bicyclic) bond motifs is 1. The first kappa shape index (κ1) is 8.57. The molecule has 2 rings (SSSR count). The van der Waals surface area contributed by atoms with Crippen molar-refractivity contribution >= 4 is 28.6 Å². The molecule has 4 nitrogen and oxygen atoms in total. The largest absolute Gasteiger partial charge is 0.221 e. The highest BCUT2D eigenvalue weighted by Crippen LogP contribution is 2.20. The molecule has 0 saturated carbocycles. The summed E-state index contributed by atoms with van der Waals surface area (Å²) in [5.41, 5.74) is 1.88. The minimum Gasteiger partial charge on any atom is -0.221 e. The van der Waals surface area contributed by atoms with Crippen molar-refractivity contribution in [2.24, 2.45) is 4.99 Å². The van der Waals surface area contributed by atoms with Crippen LogP contribution in [0.4, 0.5) is 5.69 Å². The van der Waals surface area contributed by atoms with Gasteiger partial charge < -0.3 is 0 Å². The van der Waals surface area contributed by atoms with Crippen LogP contribution in [0.25, 0.3) is 5.52 Å². The molecule has 0 bridgehead atoms. The Kier molecular flexibility index (Phi) is 2.07. The molecule has 14 heavy (non-hydrogen) atoms. The van der Waals surface area contributed by atoms with Gasteiger partial charge in [0.1, 0.15) is 11.8 Å². The Labute approximate surface area is 85.1 Å². The summed E-state index contributed by atoms with van der Waals surface area (Å²) in [6.07, 6.45) is 1.61. The number of nitriles is 1. The maximum atomic E-state index is 8.80. The van der Waals surface area contributed by atoms with Gasteiger partial charge in [-0.3, -0.25) is 0 Å². The Morgan fingerprint density at radius 2 is 2.29 bits per heavy atom. The van der Waals surface area contributed by atoms with E-state index in [1.54, 1.807) is 24.4 Å². The second-order valence-electron chi connectivity index (χ2n) is 2.55. The summed E-state index contributed by atoms with van der Waals surface area (Å²) in [5, 5.41) is 15.1. The van der Waals surface area contributed by atoms with E-state index in [0.29, 0.717) is 11.4 Å². The molecule has 0 saturated heterocycles. The maximum absolute atomic E-state index is 8.80. The first-order valence-corrected chi connectivity index (χ1v) is 4.22. The lowest BCUT2D eigenvalue weighted by Crippen LogP contribution is -1.92. The summed E-state index contributed by atoms with van der Waals surface area (Å²) in [6.45, 7) is 0. The maximum Gasteiger partial charge on any atom is 0.142 e. The SMILES string of the molecule is N#Cc1ccc(N=C=S)c2ccnn12. The molecule has 0 atom stereocenters. The summed E-state index contributed by atoms with van der Waals surface area (Å²) < 4.78 is 1.52. The van der Waals surface area contributed by atoms with Gasteiger partial charge in [-0.2, -0.15) is 15.4 Å². The van der Waals surface area contributed by atoms with E-state index in [1.165, 1.54) is 4.52 Å². The van der Waals surface area contributed by atoms with Crippen molar-refractivity contribution in [3.63, 3.8) is 0 Å². The van der Waals surface area contributed by atoms with Crippen LogP contribution in [0.2, 0.25) is 0 Å². The van der Waals surface area contributed by atoms with Crippen molar-refractivity contribution in [1.82, 2.24) is 9.61 Å². The molecule has 0 amide bonds. The van der Waals surface area contributed by atoms with Crippen molar-refractivity contribution in [3.05, 3.63) is 30.1 Å². The van der Waals surface area contributed by atoms with Crippen molar-refractivity contribution in [2.75, 3.05) is 0 Å². The van der Waals surface area contributed by atoms with Gasteiger partial charge in [0.15, 0.2) is 0 Å². The predicted octanol–water partition coefficient (Wildman–Crippen LogP) is 1.94. The Balaban J connectivity index is 2.86. The second-order valence-corrected chi connectivity index (χ2v) is 2.73. The van der Waals surface area contributed by atoms with E-state index in [-0.39, 0.29) is 0 Å².